The summed E-state index contributed by atoms with van der Waals surface area (Å²) in [5, 5.41) is 21.4. The van der Waals surface area contributed by atoms with Crippen molar-refractivity contribution in [2.75, 3.05) is 0 Å². The van der Waals surface area contributed by atoms with Crippen LogP contribution in [0, 0.1) is 6.92 Å². The third kappa shape index (κ3) is 4.83. The standard InChI is InChI=1S/C9H8O7S.2Na/c1-4-2-3-5(8(10)11)7(17(14,15)16)6(4)9(12)13;;/h2-3H,1H3,(H,10,11)(H,12,13)(H,14,15,16);;/q;2*+1/p-2. The first-order valence-corrected chi connectivity index (χ1v) is 5.64. The number of carbonyl (C=O) groups excluding carboxylic acids is 2. The maximum Gasteiger partial charge on any atom is 1.00 e. The molecule has 0 amide bonds. The molecule has 0 saturated heterocycles. The summed E-state index contributed by atoms with van der Waals surface area (Å²) in [7, 11) is -5.02. The van der Waals surface area contributed by atoms with Gasteiger partial charge in [0.1, 0.15) is 4.90 Å². The zero-order valence-electron chi connectivity index (χ0n) is 10.5. The van der Waals surface area contributed by atoms with Crippen LogP contribution in [0.2, 0.25) is 0 Å². The number of hydrogen-bond donors (Lipinski definition) is 1. The van der Waals surface area contributed by atoms with Crippen LogP contribution in [0.25, 0.3) is 0 Å². The molecule has 1 N–H and O–H groups in total. The molecule has 92 valence electrons. The van der Waals surface area contributed by atoms with E-state index in [0.29, 0.717) is 0 Å². The summed E-state index contributed by atoms with van der Waals surface area (Å²) in [6, 6.07) is 1.91. The van der Waals surface area contributed by atoms with Gasteiger partial charge in [0.25, 0.3) is 10.1 Å². The van der Waals surface area contributed by atoms with Gasteiger partial charge in [0, 0.05) is 11.1 Å². The molecule has 0 radical (unpaired) electrons. The summed E-state index contributed by atoms with van der Waals surface area (Å²) < 4.78 is 30.9. The zero-order valence-corrected chi connectivity index (χ0v) is 15.3. The molecular weight excluding hydrogens is 298 g/mol. The fraction of sp³-hybridized carbons (Fsp3) is 0.111. The normalized spacial score (nSPS) is 10.0. The summed E-state index contributed by atoms with van der Waals surface area (Å²) in [5.41, 5.74) is -1.88. The Labute approximate surface area is 153 Å². The van der Waals surface area contributed by atoms with Crippen molar-refractivity contribution in [3.63, 3.8) is 0 Å². The molecule has 7 nitrogen and oxygen atoms in total. The van der Waals surface area contributed by atoms with Gasteiger partial charge in [0.15, 0.2) is 0 Å². The molecule has 0 fully saturated rings. The van der Waals surface area contributed by atoms with Gasteiger partial charge in [-0.2, -0.15) is 8.42 Å². The molecule has 0 heterocycles. The van der Waals surface area contributed by atoms with Gasteiger partial charge in [-0.05, 0) is 12.5 Å². The van der Waals surface area contributed by atoms with Crippen molar-refractivity contribution >= 4 is 22.1 Å². The van der Waals surface area contributed by atoms with Crippen LogP contribution < -0.4 is 69.3 Å². The summed E-state index contributed by atoms with van der Waals surface area (Å²) in [4.78, 5) is 20.2. The maximum absolute atomic E-state index is 11.0. The number of carboxylic acids is 2. The molecule has 1 aromatic rings. The average Bonchev–Trinajstić information content (AvgIpc) is 2.14. The number of carbonyl (C=O) groups is 2. The fourth-order valence-electron chi connectivity index (χ4n) is 1.36. The first-order chi connectivity index (χ1) is 7.66. The van der Waals surface area contributed by atoms with Crippen molar-refractivity contribution in [3.8, 4) is 0 Å². The Morgan fingerprint density at radius 3 is 1.89 bits per heavy atom. The Morgan fingerprint density at radius 1 is 1.11 bits per heavy atom. The fourth-order valence-corrected chi connectivity index (χ4v) is 2.30. The number of carboxylic acid groups (broad SMARTS) is 2. The molecule has 0 bridgehead atoms. The Hall–Kier alpha value is 0.0700. The van der Waals surface area contributed by atoms with Gasteiger partial charge in [-0.3, -0.25) is 4.55 Å². The molecule has 0 aliphatic carbocycles. The van der Waals surface area contributed by atoms with Crippen molar-refractivity contribution in [3.05, 3.63) is 28.8 Å². The van der Waals surface area contributed by atoms with Crippen molar-refractivity contribution in [1.29, 1.82) is 0 Å². The first kappa shape index (κ1) is 21.4. The minimum Gasteiger partial charge on any atom is -0.545 e. The van der Waals surface area contributed by atoms with E-state index in [2.05, 4.69) is 0 Å². The van der Waals surface area contributed by atoms with Crippen LogP contribution in [-0.2, 0) is 10.1 Å². The number of hydrogen-bond acceptors (Lipinski definition) is 6. The van der Waals surface area contributed by atoms with Crippen LogP contribution >= 0.6 is 0 Å². The quantitative estimate of drug-likeness (QED) is 0.433. The predicted octanol–water partition coefficient (Wildman–Crippen LogP) is -8.02. The van der Waals surface area contributed by atoms with Gasteiger partial charge in [-0.15, -0.1) is 0 Å². The van der Waals surface area contributed by atoms with Gasteiger partial charge in [-0.25, -0.2) is 0 Å². The average molecular weight is 304 g/mol. The molecule has 0 spiro atoms. The van der Waals surface area contributed by atoms with Crippen molar-refractivity contribution in [1.82, 2.24) is 0 Å². The minimum absolute atomic E-state index is 0. The Kier molecular flexibility index (Phi) is 8.71. The van der Waals surface area contributed by atoms with E-state index in [0.717, 1.165) is 12.1 Å². The van der Waals surface area contributed by atoms with E-state index in [1.54, 1.807) is 0 Å². The monoisotopic (exact) mass is 304 g/mol. The smallest absolute Gasteiger partial charge is 0.545 e. The Bertz CT molecular complexity index is 609. The number of benzene rings is 1. The molecule has 10 heteroatoms. The molecule has 19 heavy (non-hydrogen) atoms. The maximum atomic E-state index is 11.0. The third-order valence-electron chi connectivity index (χ3n) is 2.05. The van der Waals surface area contributed by atoms with Gasteiger partial charge >= 0.3 is 59.1 Å². The largest absolute Gasteiger partial charge is 1.00 e. The minimum atomic E-state index is -5.02. The molecule has 0 aliphatic rings. The van der Waals surface area contributed by atoms with Crippen molar-refractivity contribution in [2.24, 2.45) is 0 Å². The number of aromatic carboxylic acids is 2. The van der Waals surface area contributed by atoms with Gasteiger partial charge in [0.05, 0.1) is 11.9 Å². The molecule has 0 saturated carbocycles. The molecule has 0 unspecified atom stereocenters. The van der Waals surface area contributed by atoms with Crippen LogP contribution in [0.15, 0.2) is 17.0 Å². The summed E-state index contributed by atoms with van der Waals surface area (Å²) >= 11 is 0. The molecule has 0 aromatic heterocycles. The number of rotatable bonds is 3. The van der Waals surface area contributed by atoms with E-state index in [4.69, 9.17) is 4.55 Å². The van der Waals surface area contributed by atoms with Crippen molar-refractivity contribution in [2.45, 2.75) is 11.8 Å². The Balaban J connectivity index is 0. The van der Waals surface area contributed by atoms with Gasteiger partial charge in [0.2, 0.25) is 0 Å². The number of aryl methyl sites for hydroxylation is 1. The second-order valence-corrected chi connectivity index (χ2v) is 4.54. The molecule has 1 aromatic carbocycles. The topological polar surface area (TPSA) is 135 Å². The predicted molar refractivity (Wildman–Crippen MR) is 49.7 cm³/mol. The van der Waals surface area contributed by atoms with E-state index in [1.807, 2.05) is 0 Å². The third-order valence-corrected chi connectivity index (χ3v) is 2.99. The SMILES string of the molecule is Cc1ccc(C(=O)[O-])c(S(=O)(=O)O)c1C(=O)[O-].[Na+].[Na+]. The Morgan fingerprint density at radius 2 is 1.58 bits per heavy atom. The second-order valence-electron chi connectivity index (χ2n) is 3.18. The van der Waals surface area contributed by atoms with Crippen LogP contribution in [0.4, 0.5) is 0 Å². The molecule has 0 aliphatic heterocycles. The van der Waals surface area contributed by atoms with Gasteiger partial charge < -0.3 is 19.8 Å². The summed E-state index contributed by atoms with van der Waals surface area (Å²) in [6.45, 7) is 1.23. The zero-order chi connectivity index (χ0) is 13.4. The molecular formula is C9H6Na2O7S. The summed E-state index contributed by atoms with van der Waals surface area (Å²) in [6.07, 6.45) is 0. The van der Waals surface area contributed by atoms with Crippen LogP contribution in [0.1, 0.15) is 26.3 Å². The molecule has 0 atom stereocenters. The van der Waals surface area contributed by atoms with E-state index < -0.39 is 38.1 Å². The van der Waals surface area contributed by atoms with E-state index in [-0.39, 0.29) is 64.7 Å². The van der Waals surface area contributed by atoms with Crippen LogP contribution in [0.5, 0.6) is 0 Å². The van der Waals surface area contributed by atoms with Crippen LogP contribution in [-0.4, -0.2) is 24.9 Å². The first-order valence-electron chi connectivity index (χ1n) is 4.20. The van der Waals surface area contributed by atoms with Crippen LogP contribution in [0.3, 0.4) is 0 Å². The van der Waals surface area contributed by atoms with E-state index in [1.165, 1.54) is 6.92 Å². The van der Waals surface area contributed by atoms with E-state index >= 15 is 0 Å². The van der Waals surface area contributed by atoms with Crippen molar-refractivity contribution < 1.29 is 91.9 Å². The second kappa shape index (κ2) is 7.75. The molecule has 1 rings (SSSR count). The van der Waals surface area contributed by atoms with E-state index in [9.17, 15) is 28.2 Å². The summed E-state index contributed by atoms with van der Waals surface area (Å²) in [5.74, 6) is -3.82. The van der Waals surface area contributed by atoms with Gasteiger partial charge in [-0.1, -0.05) is 12.1 Å².